The van der Waals surface area contributed by atoms with Crippen molar-refractivity contribution in [3.8, 4) is 0 Å². The molecule has 0 aromatic heterocycles. The number of rotatable bonds is 4. The first-order chi connectivity index (χ1) is 7.65. The number of halogens is 3. The minimum Gasteiger partial charge on any atom is -0.349 e. The number of carbonyl (C=O) groups excluding carboxylic acids is 1. The van der Waals surface area contributed by atoms with Gasteiger partial charge < -0.3 is 5.32 Å². The van der Waals surface area contributed by atoms with E-state index >= 15 is 0 Å². The molecular weight excluding hydrogens is 404 g/mol. The van der Waals surface area contributed by atoms with E-state index < -0.39 is 0 Å². The Kier molecular flexibility index (Phi) is 6.38. The Labute approximate surface area is 122 Å². The molecule has 0 aliphatic rings. The largest absolute Gasteiger partial charge is 0.349 e. The highest BCUT2D eigenvalue weighted by molar-refractivity contribution is 14.1. The standard InChI is InChI=1S/C11H10BrClINO/c12-8-3-4-10(14)9(7-8)11(16)15-6-2-1-5-13/h1-4,7H,5-6H2,(H,15,16)/b2-1+. The Hall–Kier alpha value is -0.0700. The van der Waals surface area contributed by atoms with Gasteiger partial charge in [0.2, 0.25) is 0 Å². The van der Waals surface area contributed by atoms with Gasteiger partial charge in [-0.1, -0.05) is 28.1 Å². The monoisotopic (exact) mass is 413 g/mol. The summed E-state index contributed by atoms with van der Waals surface area (Å²) < 4.78 is 1.83. The van der Waals surface area contributed by atoms with Crippen molar-refractivity contribution in [2.45, 2.75) is 0 Å². The van der Waals surface area contributed by atoms with Crippen LogP contribution in [0.3, 0.4) is 0 Å². The molecule has 0 heterocycles. The second-order valence-corrected chi connectivity index (χ2v) is 5.35. The summed E-state index contributed by atoms with van der Waals surface area (Å²) in [5, 5.41) is 2.79. The minimum atomic E-state index is -0.0788. The molecule has 16 heavy (non-hydrogen) atoms. The predicted molar refractivity (Wildman–Crippen MR) is 79.1 cm³/mol. The molecule has 0 radical (unpaired) electrons. The minimum absolute atomic E-state index is 0.0788. The highest BCUT2D eigenvalue weighted by Gasteiger charge is 2.08. The number of carbonyl (C=O) groups is 1. The summed E-state index contributed by atoms with van der Waals surface area (Å²) in [5.74, 6) is 0.384. The lowest BCUT2D eigenvalue weighted by Crippen LogP contribution is -2.24. The van der Waals surface area contributed by atoms with Crippen molar-refractivity contribution in [1.29, 1.82) is 0 Å². The predicted octanol–water partition coefficient (Wildman–Crippen LogP) is 3.58. The van der Waals surface area contributed by atoms with Crippen LogP contribution in [0, 0.1) is 3.57 Å². The van der Waals surface area contributed by atoms with E-state index in [1.165, 1.54) is 0 Å². The number of amides is 1. The van der Waals surface area contributed by atoms with Crippen molar-refractivity contribution in [3.05, 3.63) is 44.0 Å². The van der Waals surface area contributed by atoms with Gasteiger partial charge in [-0.25, -0.2) is 0 Å². The molecule has 1 aromatic rings. The quantitative estimate of drug-likeness (QED) is 0.456. The summed E-state index contributed by atoms with van der Waals surface area (Å²) in [4.78, 5) is 11.8. The maximum Gasteiger partial charge on any atom is 0.252 e. The average Bonchev–Trinajstić information content (AvgIpc) is 2.27. The topological polar surface area (TPSA) is 29.1 Å². The fourth-order valence-corrected chi connectivity index (χ4v) is 2.13. The van der Waals surface area contributed by atoms with Gasteiger partial charge in [0.15, 0.2) is 0 Å². The van der Waals surface area contributed by atoms with Crippen molar-refractivity contribution in [3.63, 3.8) is 0 Å². The molecule has 1 aromatic carbocycles. The third-order valence-electron chi connectivity index (χ3n) is 1.81. The van der Waals surface area contributed by atoms with Gasteiger partial charge in [0, 0.05) is 20.5 Å². The fourth-order valence-electron chi connectivity index (χ4n) is 1.06. The molecular formula is C11H10BrClINO. The Balaban J connectivity index is 2.65. The third-order valence-corrected chi connectivity index (χ3v) is 3.42. The zero-order chi connectivity index (χ0) is 12.0. The number of benzene rings is 1. The normalized spacial score (nSPS) is 10.7. The fraction of sp³-hybridized carbons (Fsp3) is 0.182. The number of allylic oxidation sites excluding steroid dienone is 1. The molecule has 0 saturated carbocycles. The van der Waals surface area contributed by atoms with Crippen LogP contribution in [-0.2, 0) is 0 Å². The van der Waals surface area contributed by atoms with Gasteiger partial charge in [-0.2, -0.15) is 0 Å². The molecule has 0 atom stereocenters. The van der Waals surface area contributed by atoms with Crippen LogP contribution in [0.2, 0.25) is 0 Å². The van der Waals surface area contributed by atoms with Crippen molar-refractivity contribution >= 4 is 56.0 Å². The summed E-state index contributed by atoms with van der Waals surface area (Å²) in [6.45, 7) is 0.494. The van der Waals surface area contributed by atoms with Crippen molar-refractivity contribution in [2.75, 3.05) is 12.4 Å². The number of nitrogens with one attached hydrogen (secondary N) is 1. The SMILES string of the molecule is O=C(NC/C=C/CCl)c1cc(Br)ccc1I. The lowest BCUT2D eigenvalue weighted by atomic mass is 10.2. The van der Waals surface area contributed by atoms with E-state index in [9.17, 15) is 4.79 Å². The Morgan fingerprint density at radius 3 is 2.94 bits per heavy atom. The van der Waals surface area contributed by atoms with Crippen molar-refractivity contribution in [2.24, 2.45) is 0 Å². The number of alkyl halides is 1. The highest BCUT2D eigenvalue weighted by atomic mass is 127. The van der Waals surface area contributed by atoms with Gasteiger partial charge in [-0.05, 0) is 40.8 Å². The second-order valence-electron chi connectivity index (χ2n) is 2.96. The smallest absolute Gasteiger partial charge is 0.252 e. The molecule has 0 spiro atoms. The van der Waals surface area contributed by atoms with Crippen molar-refractivity contribution in [1.82, 2.24) is 5.32 Å². The van der Waals surface area contributed by atoms with Crippen LogP contribution in [0.1, 0.15) is 10.4 Å². The zero-order valence-electron chi connectivity index (χ0n) is 8.34. The van der Waals surface area contributed by atoms with Crippen LogP contribution in [0.15, 0.2) is 34.8 Å². The van der Waals surface area contributed by atoms with Gasteiger partial charge in [0.05, 0.1) is 5.56 Å². The molecule has 0 aliphatic carbocycles. The molecule has 2 nitrogen and oxygen atoms in total. The maximum absolute atomic E-state index is 11.8. The van der Waals surface area contributed by atoms with Gasteiger partial charge in [-0.3, -0.25) is 4.79 Å². The van der Waals surface area contributed by atoms with E-state index in [4.69, 9.17) is 11.6 Å². The molecule has 1 N–H and O–H groups in total. The van der Waals surface area contributed by atoms with Crippen LogP contribution >= 0.6 is 50.1 Å². The van der Waals surface area contributed by atoms with Crippen LogP contribution in [0.5, 0.6) is 0 Å². The molecule has 0 bridgehead atoms. The summed E-state index contributed by atoms with van der Waals surface area (Å²) in [6.07, 6.45) is 3.63. The first-order valence-corrected chi connectivity index (χ1v) is 7.00. The Morgan fingerprint density at radius 1 is 1.50 bits per heavy atom. The van der Waals surface area contributed by atoms with Crippen LogP contribution in [0.4, 0.5) is 0 Å². The summed E-state index contributed by atoms with van der Waals surface area (Å²) >= 11 is 11.0. The van der Waals surface area contributed by atoms with Crippen LogP contribution in [0.25, 0.3) is 0 Å². The summed E-state index contributed by atoms with van der Waals surface area (Å²) in [5.41, 5.74) is 0.675. The molecule has 0 aliphatic heterocycles. The average molecular weight is 414 g/mol. The van der Waals surface area contributed by atoms with E-state index in [1.54, 1.807) is 6.08 Å². The zero-order valence-corrected chi connectivity index (χ0v) is 12.8. The first-order valence-electron chi connectivity index (χ1n) is 4.59. The molecule has 5 heteroatoms. The number of hydrogen-bond acceptors (Lipinski definition) is 1. The lowest BCUT2D eigenvalue weighted by Gasteiger charge is -2.05. The molecule has 0 saturated heterocycles. The van der Waals surface area contributed by atoms with E-state index in [0.717, 1.165) is 8.04 Å². The van der Waals surface area contributed by atoms with Gasteiger partial charge >= 0.3 is 0 Å². The van der Waals surface area contributed by atoms with Gasteiger partial charge in [0.25, 0.3) is 5.91 Å². The van der Waals surface area contributed by atoms with E-state index in [-0.39, 0.29) is 5.91 Å². The van der Waals surface area contributed by atoms with E-state index in [2.05, 4.69) is 43.8 Å². The molecule has 86 valence electrons. The molecule has 0 fully saturated rings. The lowest BCUT2D eigenvalue weighted by molar-refractivity contribution is 0.0957. The molecule has 0 unspecified atom stereocenters. The Morgan fingerprint density at radius 2 is 2.25 bits per heavy atom. The highest BCUT2D eigenvalue weighted by Crippen LogP contribution is 2.18. The third kappa shape index (κ3) is 4.43. The summed E-state index contributed by atoms with van der Waals surface area (Å²) in [7, 11) is 0. The number of hydrogen-bond donors (Lipinski definition) is 1. The van der Waals surface area contributed by atoms with Crippen LogP contribution < -0.4 is 5.32 Å². The van der Waals surface area contributed by atoms with Gasteiger partial charge in [-0.15, -0.1) is 11.6 Å². The molecule has 1 amide bonds. The summed E-state index contributed by atoms with van der Waals surface area (Å²) in [6, 6.07) is 5.61. The van der Waals surface area contributed by atoms with Crippen molar-refractivity contribution < 1.29 is 4.79 Å². The molecule has 1 rings (SSSR count). The van der Waals surface area contributed by atoms with E-state index in [1.807, 2.05) is 24.3 Å². The second kappa shape index (κ2) is 7.29. The maximum atomic E-state index is 11.8. The first kappa shape index (κ1) is 14.0. The van der Waals surface area contributed by atoms with E-state index in [0.29, 0.717) is 18.0 Å². The van der Waals surface area contributed by atoms with Gasteiger partial charge in [0.1, 0.15) is 0 Å². The Bertz CT molecular complexity index is 409. The van der Waals surface area contributed by atoms with Crippen LogP contribution in [-0.4, -0.2) is 18.3 Å².